The molecule has 3 N–H and O–H groups in total. The Balaban J connectivity index is 1.44. The molecular formula is C32H38Cl2FN5O4. The highest BCUT2D eigenvalue weighted by molar-refractivity contribution is 6.31. The van der Waals surface area contributed by atoms with Crippen LogP contribution in [-0.4, -0.2) is 72.0 Å². The zero-order valence-corrected chi connectivity index (χ0v) is 26.8. The second-order valence-corrected chi connectivity index (χ2v) is 14.4. The van der Waals surface area contributed by atoms with Crippen molar-refractivity contribution in [3.63, 3.8) is 0 Å². The number of rotatable bonds is 4. The molecule has 1 unspecified atom stereocenters. The fraction of sp³-hybridized carbons (Fsp3) is 0.562. The van der Waals surface area contributed by atoms with E-state index >= 15 is 4.39 Å². The van der Waals surface area contributed by atoms with Crippen LogP contribution in [0.5, 0.6) is 0 Å². The minimum Gasteiger partial charge on any atom is -0.366 e. The number of carbonyl (C=O) groups excluding carboxylic acids is 3. The molecule has 12 heteroatoms. The number of pyridine rings is 1. The first-order valence-electron chi connectivity index (χ1n) is 15.1. The maximum absolute atomic E-state index is 16.1. The average Bonchev–Trinajstić information content (AvgIpc) is 3.44. The number of fused-ring (bicyclic) bond motifs is 3. The summed E-state index contributed by atoms with van der Waals surface area (Å²) < 4.78 is 21.9. The van der Waals surface area contributed by atoms with Crippen molar-refractivity contribution in [3.05, 3.63) is 57.6 Å². The number of benzene rings is 1. The number of likely N-dealkylation sites (N-methyl/N-ethyl adjacent to an activating group) is 1. The number of halogens is 3. The Hall–Kier alpha value is -2.79. The monoisotopic (exact) mass is 645 g/mol. The molecule has 2 saturated heterocycles. The molecular weight excluding hydrogens is 608 g/mol. The number of anilines is 1. The van der Waals surface area contributed by atoms with Crippen molar-refractivity contribution in [2.75, 3.05) is 26.0 Å². The molecule has 3 aliphatic heterocycles. The van der Waals surface area contributed by atoms with Gasteiger partial charge in [0.25, 0.3) is 5.91 Å². The van der Waals surface area contributed by atoms with E-state index in [1.54, 1.807) is 26.2 Å². The molecule has 4 heterocycles. The molecule has 5 atom stereocenters. The lowest BCUT2D eigenvalue weighted by Gasteiger charge is -2.50. The van der Waals surface area contributed by atoms with E-state index in [0.717, 1.165) is 12.8 Å². The van der Waals surface area contributed by atoms with Gasteiger partial charge in [-0.05, 0) is 73.3 Å². The van der Waals surface area contributed by atoms with Crippen molar-refractivity contribution in [2.24, 2.45) is 5.41 Å². The molecule has 9 nitrogen and oxygen atoms in total. The normalized spacial score (nSPS) is 30.2. The van der Waals surface area contributed by atoms with Gasteiger partial charge in [-0.15, -0.1) is 0 Å². The van der Waals surface area contributed by atoms with E-state index in [0.29, 0.717) is 42.0 Å². The van der Waals surface area contributed by atoms with Crippen LogP contribution in [0.2, 0.25) is 10.2 Å². The van der Waals surface area contributed by atoms with Crippen LogP contribution in [0.3, 0.4) is 0 Å². The Morgan fingerprint density at radius 2 is 1.84 bits per heavy atom. The molecule has 2 spiro atoms. The molecule has 4 aliphatic rings. The summed E-state index contributed by atoms with van der Waals surface area (Å²) in [6.45, 7) is 4.56. The highest BCUT2D eigenvalue weighted by Gasteiger charge is 2.73. The lowest BCUT2D eigenvalue weighted by molar-refractivity contribution is -0.145. The van der Waals surface area contributed by atoms with E-state index in [-0.39, 0.29) is 46.5 Å². The van der Waals surface area contributed by atoms with Crippen LogP contribution in [0.4, 0.5) is 10.1 Å². The first-order valence-corrected chi connectivity index (χ1v) is 15.9. The lowest BCUT2D eigenvalue weighted by Crippen LogP contribution is -2.61. The third kappa shape index (κ3) is 4.89. The molecule has 236 valence electrons. The molecule has 0 radical (unpaired) electrons. The summed E-state index contributed by atoms with van der Waals surface area (Å²) in [5.41, 5.74) is -0.799. The number of ether oxygens (including phenoxy) is 1. The van der Waals surface area contributed by atoms with Crippen molar-refractivity contribution in [1.82, 2.24) is 20.5 Å². The van der Waals surface area contributed by atoms with Gasteiger partial charge in [0, 0.05) is 42.5 Å². The number of nitrogens with one attached hydrogen (secondary N) is 3. The van der Waals surface area contributed by atoms with Gasteiger partial charge in [0.2, 0.25) is 11.8 Å². The first kappa shape index (κ1) is 31.2. The highest BCUT2D eigenvalue weighted by atomic mass is 35.5. The summed E-state index contributed by atoms with van der Waals surface area (Å²) in [7, 11) is 3.36. The molecule has 1 aromatic carbocycles. The van der Waals surface area contributed by atoms with Crippen LogP contribution in [0.15, 0.2) is 30.5 Å². The van der Waals surface area contributed by atoms with Crippen LogP contribution >= 0.6 is 23.2 Å². The Bertz CT molecular complexity index is 1500. The van der Waals surface area contributed by atoms with Gasteiger partial charge in [0.15, 0.2) is 11.0 Å². The van der Waals surface area contributed by atoms with E-state index in [1.165, 1.54) is 17.2 Å². The van der Waals surface area contributed by atoms with Crippen molar-refractivity contribution in [3.8, 4) is 0 Å². The van der Waals surface area contributed by atoms with Crippen LogP contribution < -0.4 is 16.0 Å². The van der Waals surface area contributed by atoms with E-state index in [9.17, 15) is 14.4 Å². The summed E-state index contributed by atoms with van der Waals surface area (Å²) in [5.74, 6) is -2.51. The molecule has 1 aliphatic carbocycles. The second kappa shape index (κ2) is 11.2. The molecule has 3 amide bonds. The van der Waals surface area contributed by atoms with Crippen LogP contribution in [0.25, 0.3) is 0 Å². The largest absolute Gasteiger partial charge is 0.366 e. The number of carbonyl (C=O) groups is 3. The second-order valence-electron chi connectivity index (χ2n) is 13.6. The van der Waals surface area contributed by atoms with Crippen molar-refractivity contribution in [2.45, 2.75) is 87.4 Å². The Morgan fingerprint density at radius 3 is 2.50 bits per heavy atom. The van der Waals surface area contributed by atoms with Gasteiger partial charge in [-0.2, -0.15) is 0 Å². The summed E-state index contributed by atoms with van der Waals surface area (Å²) >= 11 is 12.6. The molecule has 6 rings (SSSR count). The van der Waals surface area contributed by atoms with Gasteiger partial charge in [-0.1, -0.05) is 43.1 Å². The number of aromatic nitrogens is 1. The number of hydrogen-bond acceptors (Lipinski definition) is 6. The van der Waals surface area contributed by atoms with E-state index in [2.05, 4.69) is 34.8 Å². The fourth-order valence-electron chi connectivity index (χ4n) is 7.97. The van der Waals surface area contributed by atoms with Crippen molar-refractivity contribution in [1.29, 1.82) is 0 Å². The van der Waals surface area contributed by atoms with Gasteiger partial charge >= 0.3 is 0 Å². The molecule has 0 bridgehead atoms. The summed E-state index contributed by atoms with van der Waals surface area (Å²) in [6, 6.07) is 5.43. The van der Waals surface area contributed by atoms with E-state index in [4.69, 9.17) is 27.9 Å². The minimum atomic E-state index is -1.34. The fourth-order valence-corrected chi connectivity index (χ4v) is 8.30. The molecule has 2 aromatic rings. The average molecular weight is 647 g/mol. The van der Waals surface area contributed by atoms with Crippen LogP contribution in [-0.2, 0) is 24.5 Å². The van der Waals surface area contributed by atoms with E-state index in [1.807, 2.05) is 6.07 Å². The number of amides is 3. The van der Waals surface area contributed by atoms with Gasteiger partial charge in [-0.3, -0.25) is 19.7 Å². The maximum Gasteiger partial charge on any atom is 0.251 e. The number of nitrogens with zero attached hydrogens (tertiary/aromatic N) is 2. The predicted octanol–water partition coefficient (Wildman–Crippen LogP) is 4.56. The third-order valence-corrected chi connectivity index (χ3v) is 10.8. The van der Waals surface area contributed by atoms with Crippen LogP contribution in [0.1, 0.15) is 69.4 Å². The summed E-state index contributed by atoms with van der Waals surface area (Å²) in [5, 5.41) is 9.93. The lowest BCUT2D eigenvalue weighted by atomic mass is 9.53. The predicted molar refractivity (Wildman–Crippen MR) is 165 cm³/mol. The van der Waals surface area contributed by atoms with Gasteiger partial charge < -0.3 is 20.3 Å². The van der Waals surface area contributed by atoms with Crippen LogP contribution in [0, 0.1) is 11.2 Å². The smallest absolute Gasteiger partial charge is 0.251 e. The molecule has 1 saturated carbocycles. The van der Waals surface area contributed by atoms with Crippen molar-refractivity contribution < 1.29 is 23.5 Å². The third-order valence-electron chi connectivity index (χ3n) is 10.3. The van der Waals surface area contributed by atoms with Gasteiger partial charge in [-0.25, -0.2) is 9.37 Å². The Morgan fingerprint density at radius 1 is 1.11 bits per heavy atom. The summed E-state index contributed by atoms with van der Waals surface area (Å²) in [4.78, 5) is 46.7. The molecule has 3 fully saturated rings. The maximum atomic E-state index is 16.1. The van der Waals surface area contributed by atoms with Gasteiger partial charge in [0.1, 0.15) is 11.5 Å². The topological polar surface area (TPSA) is 113 Å². The first-order chi connectivity index (χ1) is 20.8. The minimum absolute atomic E-state index is 0.0348. The van der Waals surface area contributed by atoms with E-state index < -0.39 is 34.8 Å². The van der Waals surface area contributed by atoms with Crippen molar-refractivity contribution >= 4 is 46.6 Å². The molecule has 1 aromatic heterocycles. The SMILES string of the molecule is CN(C)C(=O)[C@@H]1CC[C@@H](NC(=O)[C@@H]2NC3(CCC(C)(C)CC3)C3(C(=O)Nc4cc(Cl)ccc43)[C@H]2c2ccnc(Cl)c2F)CO1. The van der Waals surface area contributed by atoms with Gasteiger partial charge in [0.05, 0.1) is 18.7 Å². The summed E-state index contributed by atoms with van der Waals surface area (Å²) in [6.07, 6.45) is 4.63. The zero-order chi connectivity index (χ0) is 31.6. The molecule has 44 heavy (non-hydrogen) atoms. The zero-order valence-electron chi connectivity index (χ0n) is 25.3. The quantitative estimate of drug-likeness (QED) is 0.420. The Kier molecular flexibility index (Phi) is 7.96. The Labute approximate surface area is 266 Å². The number of hydrogen-bond donors (Lipinski definition) is 3. The highest BCUT2D eigenvalue weighted by Crippen LogP contribution is 2.64. The standard InChI is InChI=1S/C32H38Cl2FN5O4/c1-30(2)10-12-31(13-11-30)32(20-7-5-17(33)15-21(20)38-29(32)43)23(19-9-14-36-26(34)24(19)35)25(39-31)27(41)37-18-6-8-22(44-16-18)28(42)40(3)4/h5,7,9,14-15,18,22-23,25,39H,6,8,10-13,16H2,1-4H3,(H,37,41)(H,38,43)/t18-,22+,23+,25-,32?/m1/s1.